The summed E-state index contributed by atoms with van der Waals surface area (Å²) in [6.45, 7) is 3.74. The Hall–Kier alpha value is -1.46. The first kappa shape index (κ1) is 12.0. The van der Waals surface area contributed by atoms with Crippen LogP contribution >= 0.6 is 23.8 Å². The Kier molecular flexibility index (Phi) is 3.13. The van der Waals surface area contributed by atoms with E-state index in [1.807, 2.05) is 13.8 Å². The van der Waals surface area contributed by atoms with E-state index in [9.17, 15) is 0 Å². The monoisotopic (exact) mass is 266 g/mol. The van der Waals surface area contributed by atoms with Gasteiger partial charge in [-0.2, -0.15) is 5.10 Å². The number of pyridine rings is 1. The van der Waals surface area contributed by atoms with E-state index < -0.39 is 0 Å². The molecule has 0 atom stereocenters. The van der Waals surface area contributed by atoms with Crippen LogP contribution in [0.3, 0.4) is 0 Å². The summed E-state index contributed by atoms with van der Waals surface area (Å²) in [6, 6.07) is 3.55. The topological polar surface area (TPSA) is 56.7 Å². The molecule has 6 heteroatoms. The van der Waals surface area contributed by atoms with Crippen LogP contribution in [0.4, 0.5) is 0 Å². The van der Waals surface area contributed by atoms with Gasteiger partial charge in [0.2, 0.25) is 0 Å². The van der Waals surface area contributed by atoms with Crippen LogP contribution in [0.2, 0.25) is 5.02 Å². The standard InChI is InChI=1S/C11H11ClN4S/c1-6-10(12)7(2)16(15-6)9-5-8(11(13)17)3-4-14-9/h3-5H,1-2H3,(H2,13,17). The molecule has 0 aliphatic heterocycles. The third-order valence-electron chi connectivity index (χ3n) is 2.45. The zero-order valence-electron chi connectivity index (χ0n) is 9.44. The number of aromatic nitrogens is 3. The molecule has 2 heterocycles. The second-order valence-corrected chi connectivity index (χ2v) is 4.48. The number of halogens is 1. The molecule has 0 saturated carbocycles. The molecule has 0 fully saturated rings. The lowest BCUT2D eigenvalue weighted by molar-refractivity contribution is 0.806. The van der Waals surface area contributed by atoms with Crippen LogP contribution in [-0.4, -0.2) is 19.8 Å². The maximum absolute atomic E-state index is 6.09. The van der Waals surface area contributed by atoms with Gasteiger partial charge in [0.25, 0.3) is 0 Å². The fourth-order valence-corrected chi connectivity index (χ4v) is 1.78. The van der Waals surface area contributed by atoms with Gasteiger partial charge < -0.3 is 5.73 Å². The third-order valence-corrected chi connectivity index (χ3v) is 3.23. The largest absolute Gasteiger partial charge is 0.389 e. The zero-order valence-corrected chi connectivity index (χ0v) is 11.0. The van der Waals surface area contributed by atoms with E-state index in [0.717, 1.165) is 17.0 Å². The SMILES string of the molecule is Cc1nn(-c2cc(C(N)=S)ccn2)c(C)c1Cl. The van der Waals surface area contributed by atoms with E-state index in [4.69, 9.17) is 29.6 Å². The number of nitrogens with two attached hydrogens (primary N) is 1. The van der Waals surface area contributed by atoms with Crippen molar-refractivity contribution in [3.05, 3.63) is 40.3 Å². The molecule has 88 valence electrons. The summed E-state index contributed by atoms with van der Waals surface area (Å²) in [7, 11) is 0. The predicted octanol–water partition coefficient (Wildman–Crippen LogP) is 2.17. The Morgan fingerprint density at radius 2 is 2.18 bits per heavy atom. The van der Waals surface area contributed by atoms with Crippen LogP contribution in [0, 0.1) is 13.8 Å². The summed E-state index contributed by atoms with van der Waals surface area (Å²) < 4.78 is 1.68. The molecule has 0 aromatic carbocycles. The van der Waals surface area contributed by atoms with Crippen molar-refractivity contribution in [1.29, 1.82) is 0 Å². The molecule has 0 aliphatic rings. The summed E-state index contributed by atoms with van der Waals surface area (Å²) in [5, 5.41) is 4.96. The molecule has 0 radical (unpaired) electrons. The van der Waals surface area contributed by atoms with Gasteiger partial charge in [0.1, 0.15) is 4.99 Å². The average molecular weight is 267 g/mol. The number of hydrogen-bond donors (Lipinski definition) is 1. The van der Waals surface area contributed by atoms with Crippen LogP contribution in [0.15, 0.2) is 18.3 Å². The number of rotatable bonds is 2. The Morgan fingerprint density at radius 3 is 2.71 bits per heavy atom. The first-order valence-corrected chi connectivity index (χ1v) is 5.77. The molecule has 2 aromatic rings. The minimum absolute atomic E-state index is 0.335. The average Bonchev–Trinajstić information content (AvgIpc) is 2.57. The first-order valence-electron chi connectivity index (χ1n) is 4.98. The summed E-state index contributed by atoms with van der Waals surface area (Å²) in [4.78, 5) is 4.57. The highest BCUT2D eigenvalue weighted by Crippen LogP contribution is 2.21. The van der Waals surface area contributed by atoms with Crippen LogP contribution < -0.4 is 5.73 Å². The second kappa shape index (κ2) is 4.43. The van der Waals surface area contributed by atoms with Gasteiger partial charge in [-0.1, -0.05) is 23.8 Å². The van der Waals surface area contributed by atoms with Gasteiger partial charge in [-0.25, -0.2) is 9.67 Å². The molecule has 0 saturated heterocycles. The summed E-state index contributed by atoms with van der Waals surface area (Å²) >= 11 is 11.0. The predicted molar refractivity (Wildman–Crippen MR) is 71.7 cm³/mol. The van der Waals surface area contributed by atoms with Crippen LogP contribution in [0.25, 0.3) is 5.82 Å². The first-order chi connectivity index (χ1) is 8.00. The molecule has 17 heavy (non-hydrogen) atoms. The molecule has 0 unspecified atom stereocenters. The van der Waals surface area contributed by atoms with Crippen LogP contribution in [0.5, 0.6) is 0 Å². The highest BCUT2D eigenvalue weighted by Gasteiger charge is 2.12. The number of aryl methyl sites for hydroxylation is 1. The van der Waals surface area contributed by atoms with Crippen molar-refractivity contribution >= 4 is 28.8 Å². The van der Waals surface area contributed by atoms with Crippen LogP contribution in [-0.2, 0) is 0 Å². The van der Waals surface area contributed by atoms with Gasteiger partial charge in [-0.05, 0) is 26.0 Å². The Bertz CT molecular complexity index is 591. The van der Waals surface area contributed by atoms with Crippen LogP contribution in [0.1, 0.15) is 17.0 Å². The molecule has 4 nitrogen and oxygen atoms in total. The summed E-state index contributed by atoms with van der Waals surface area (Å²) in [5.74, 6) is 0.655. The van der Waals surface area contributed by atoms with Crippen molar-refractivity contribution in [3.8, 4) is 5.82 Å². The second-order valence-electron chi connectivity index (χ2n) is 3.66. The Morgan fingerprint density at radius 1 is 1.47 bits per heavy atom. The van der Waals surface area contributed by atoms with Crippen molar-refractivity contribution in [2.24, 2.45) is 5.73 Å². The van der Waals surface area contributed by atoms with Gasteiger partial charge in [0.15, 0.2) is 5.82 Å². The molecule has 2 rings (SSSR count). The van der Waals surface area contributed by atoms with E-state index in [2.05, 4.69) is 10.1 Å². The van der Waals surface area contributed by atoms with Crippen molar-refractivity contribution in [2.75, 3.05) is 0 Å². The Labute approximate surface area is 109 Å². The maximum Gasteiger partial charge on any atom is 0.154 e. The molecule has 2 aromatic heterocycles. The molecule has 0 aliphatic carbocycles. The zero-order chi connectivity index (χ0) is 12.6. The van der Waals surface area contributed by atoms with Gasteiger partial charge in [-0.3, -0.25) is 0 Å². The van der Waals surface area contributed by atoms with Crippen molar-refractivity contribution in [3.63, 3.8) is 0 Å². The number of hydrogen-bond acceptors (Lipinski definition) is 3. The fourth-order valence-electron chi connectivity index (χ4n) is 1.53. The van der Waals surface area contributed by atoms with E-state index in [1.165, 1.54) is 0 Å². The lowest BCUT2D eigenvalue weighted by Gasteiger charge is -2.05. The van der Waals surface area contributed by atoms with E-state index >= 15 is 0 Å². The van der Waals surface area contributed by atoms with Crippen molar-refractivity contribution in [1.82, 2.24) is 14.8 Å². The van der Waals surface area contributed by atoms with E-state index in [1.54, 1.807) is 23.0 Å². The molecular weight excluding hydrogens is 256 g/mol. The summed E-state index contributed by atoms with van der Waals surface area (Å²) in [6.07, 6.45) is 1.65. The third kappa shape index (κ3) is 2.16. The van der Waals surface area contributed by atoms with Crippen molar-refractivity contribution in [2.45, 2.75) is 13.8 Å². The van der Waals surface area contributed by atoms with E-state index in [-0.39, 0.29) is 0 Å². The normalized spacial score (nSPS) is 10.5. The minimum atomic E-state index is 0.335. The molecule has 0 bridgehead atoms. The maximum atomic E-state index is 6.09. The smallest absolute Gasteiger partial charge is 0.154 e. The number of thiocarbonyl (C=S) groups is 1. The van der Waals surface area contributed by atoms with Gasteiger partial charge in [-0.15, -0.1) is 0 Å². The highest BCUT2D eigenvalue weighted by atomic mass is 35.5. The lowest BCUT2D eigenvalue weighted by atomic mass is 10.2. The molecule has 0 spiro atoms. The molecule has 2 N–H and O–H groups in total. The number of nitrogens with zero attached hydrogens (tertiary/aromatic N) is 3. The molecule has 0 amide bonds. The lowest BCUT2D eigenvalue weighted by Crippen LogP contribution is -2.11. The quantitative estimate of drug-likeness (QED) is 0.847. The fraction of sp³-hybridized carbons (Fsp3) is 0.182. The van der Waals surface area contributed by atoms with E-state index in [0.29, 0.717) is 15.8 Å². The summed E-state index contributed by atoms with van der Waals surface area (Å²) in [5.41, 5.74) is 7.95. The molecular formula is C11H11ClN4S. The minimum Gasteiger partial charge on any atom is -0.389 e. The van der Waals surface area contributed by atoms with Gasteiger partial charge >= 0.3 is 0 Å². The van der Waals surface area contributed by atoms with Crippen molar-refractivity contribution < 1.29 is 0 Å². The van der Waals surface area contributed by atoms with Gasteiger partial charge in [0, 0.05) is 11.8 Å². The highest BCUT2D eigenvalue weighted by molar-refractivity contribution is 7.80. The Balaban J connectivity index is 2.56. The van der Waals surface area contributed by atoms with Gasteiger partial charge in [0.05, 0.1) is 16.4 Å².